The van der Waals surface area contributed by atoms with Crippen molar-refractivity contribution in [1.29, 1.82) is 0 Å². The van der Waals surface area contributed by atoms with Crippen LogP contribution in [0, 0.1) is 5.92 Å². The zero-order valence-electron chi connectivity index (χ0n) is 15.4. The van der Waals surface area contributed by atoms with Gasteiger partial charge < -0.3 is 4.90 Å². The van der Waals surface area contributed by atoms with Crippen LogP contribution in [-0.4, -0.2) is 34.2 Å². The summed E-state index contributed by atoms with van der Waals surface area (Å²) in [6.45, 7) is 3.67. The summed E-state index contributed by atoms with van der Waals surface area (Å²) in [6.07, 6.45) is 9.04. The SMILES string of the molecule is CCc1c(C(=O)N(C)CC2CCCCC2)cnn1Cc1ccccc1. The summed E-state index contributed by atoms with van der Waals surface area (Å²) < 4.78 is 1.97. The van der Waals surface area contributed by atoms with Gasteiger partial charge in [0.05, 0.1) is 24.0 Å². The second-order valence-electron chi connectivity index (χ2n) is 7.19. The molecular formula is C21H29N3O. The van der Waals surface area contributed by atoms with Gasteiger partial charge in [-0.2, -0.15) is 5.10 Å². The van der Waals surface area contributed by atoms with Crippen LogP contribution in [0.2, 0.25) is 0 Å². The Kier molecular flexibility index (Phi) is 5.90. The summed E-state index contributed by atoms with van der Waals surface area (Å²) >= 11 is 0. The van der Waals surface area contributed by atoms with Gasteiger partial charge in [0.2, 0.25) is 0 Å². The lowest BCUT2D eigenvalue weighted by atomic mass is 9.89. The molecule has 4 heteroatoms. The Labute approximate surface area is 150 Å². The number of carbonyl (C=O) groups is 1. The molecule has 0 atom stereocenters. The van der Waals surface area contributed by atoms with E-state index in [2.05, 4.69) is 24.2 Å². The smallest absolute Gasteiger partial charge is 0.257 e. The maximum absolute atomic E-state index is 12.9. The highest BCUT2D eigenvalue weighted by Crippen LogP contribution is 2.25. The van der Waals surface area contributed by atoms with Crippen molar-refractivity contribution in [3.8, 4) is 0 Å². The number of hydrogen-bond acceptors (Lipinski definition) is 2. The second-order valence-corrected chi connectivity index (χ2v) is 7.19. The van der Waals surface area contributed by atoms with Crippen LogP contribution in [0.15, 0.2) is 36.5 Å². The van der Waals surface area contributed by atoms with E-state index in [0.717, 1.165) is 24.2 Å². The minimum atomic E-state index is 0.113. The molecular weight excluding hydrogens is 310 g/mol. The van der Waals surface area contributed by atoms with Gasteiger partial charge in [-0.1, -0.05) is 56.5 Å². The molecule has 25 heavy (non-hydrogen) atoms. The lowest BCUT2D eigenvalue weighted by molar-refractivity contribution is 0.0759. The van der Waals surface area contributed by atoms with E-state index in [-0.39, 0.29) is 5.91 Å². The van der Waals surface area contributed by atoms with Crippen LogP contribution in [0.3, 0.4) is 0 Å². The standard InChI is InChI=1S/C21H29N3O/c1-3-20-19(14-22-24(20)16-18-12-8-5-9-13-18)21(25)23(2)15-17-10-6-4-7-11-17/h5,8-9,12-14,17H,3-4,6-7,10-11,15-16H2,1-2H3. The van der Waals surface area contributed by atoms with Crippen LogP contribution in [0.5, 0.6) is 0 Å². The first-order valence-corrected chi connectivity index (χ1v) is 9.53. The number of carbonyl (C=O) groups excluding carboxylic acids is 1. The van der Waals surface area contributed by atoms with Gasteiger partial charge in [-0.25, -0.2) is 0 Å². The summed E-state index contributed by atoms with van der Waals surface area (Å²) in [5, 5.41) is 4.50. The van der Waals surface area contributed by atoms with Gasteiger partial charge in [-0.15, -0.1) is 0 Å². The molecule has 1 aliphatic rings. The van der Waals surface area contributed by atoms with E-state index in [4.69, 9.17) is 0 Å². The van der Waals surface area contributed by atoms with E-state index in [1.807, 2.05) is 34.8 Å². The molecule has 0 saturated heterocycles. The minimum absolute atomic E-state index is 0.113. The predicted octanol–water partition coefficient (Wildman–Crippen LogP) is 4.15. The first-order chi connectivity index (χ1) is 12.2. The van der Waals surface area contributed by atoms with Crippen LogP contribution >= 0.6 is 0 Å². The highest BCUT2D eigenvalue weighted by Gasteiger charge is 2.23. The Bertz CT molecular complexity index is 686. The number of rotatable bonds is 6. The van der Waals surface area contributed by atoms with Gasteiger partial charge in [-0.3, -0.25) is 9.48 Å². The molecule has 0 radical (unpaired) electrons. The lowest BCUT2D eigenvalue weighted by Gasteiger charge is -2.27. The van der Waals surface area contributed by atoms with Crippen molar-refractivity contribution < 1.29 is 4.79 Å². The van der Waals surface area contributed by atoms with E-state index in [1.165, 1.54) is 37.7 Å². The molecule has 134 valence electrons. The highest BCUT2D eigenvalue weighted by atomic mass is 16.2. The van der Waals surface area contributed by atoms with Crippen LogP contribution in [0.25, 0.3) is 0 Å². The van der Waals surface area contributed by atoms with Gasteiger partial charge in [0.1, 0.15) is 0 Å². The molecule has 0 unspecified atom stereocenters. The van der Waals surface area contributed by atoms with Crippen molar-refractivity contribution >= 4 is 5.91 Å². The summed E-state index contributed by atoms with van der Waals surface area (Å²) in [5.74, 6) is 0.772. The van der Waals surface area contributed by atoms with Crippen LogP contribution in [0.4, 0.5) is 0 Å². The van der Waals surface area contributed by atoms with Crippen molar-refractivity contribution in [2.45, 2.75) is 52.0 Å². The fourth-order valence-corrected chi connectivity index (χ4v) is 3.90. The quantitative estimate of drug-likeness (QED) is 0.793. The Morgan fingerprint density at radius 1 is 1.20 bits per heavy atom. The van der Waals surface area contributed by atoms with Gasteiger partial charge in [0, 0.05) is 13.6 Å². The van der Waals surface area contributed by atoms with E-state index in [0.29, 0.717) is 12.5 Å². The topological polar surface area (TPSA) is 38.1 Å². The van der Waals surface area contributed by atoms with E-state index in [1.54, 1.807) is 6.20 Å². The van der Waals surface area contributed by atoms with Crippen LogP contribution in [0.1, 0.15) is 60.6 Å². The maximum Gasteiger partial charge on any atom is 0.257 e. The second kappa shape index (κ2) is 8.32. The molecule has 1 fully saturated rings. The molecule has 1 amide bonds. The number of amides is 1. The highest BCUT2D eigenvalue weighted by molar-refractivity contribution is 5.95. The summed E-state index contributed by atoms with van der Waals surface area (Å²) in [4.78, 5) is 14.8. The average molecular weight is 339 g/mol. The molecule has 4 nitrogen and oxygen atoms in total. The fraction of sp³-hybridized carbons (Fsp3) is 0.524. The zero-order valence-corrected chi connectivity index (χ0v) is 15.4. The first kappa shape index (κ1) is 17.7. The Morgan fingerprint density at radius 3 is 2.60 bits per heavy atom. The van der Waals surface area contributed by atoms with Gasteiger partial charge >= 0.3 is 0 Å². The number of benzene rings is 1. The third-order valence-electron chi connectivity index (χ3n) is 5.29. The molecule has 0 bridgehead atoms. The van der Waals surface area contributed by atoms with Crippen molar-refractivity contribution in [3.63, 3.8) is 0 Å². The largest absolute Gasteiger partial charge is 0.341 e. The third-order valence-corrected chi connectivity index (χ3v) is 5.29. The molecule has 1 heterocycles. The summed E-state index contributed by atoms with van der Waals surface area (Å²) in [5.41, 5.74) is 3.00. The third kappa shape index (κ3) is 4.30. The Morgan fingerprint density at radius 2 is 1.92 bits per heavy atom. The molecule has 0 spiro atoms. The van der Waals surface area contributed by atoms with Gasteiger partial charge in [0.25, 0.3) is 5.91 Å². The first-order valence-electron chi connectivity index (χ1n) is 9.53. The van der Waals surface area contributed by atoms with E-state index in [9.17, 15) is 4.79 Å². The molecule has 1 aromatic carbocycles. The number of hydrogen-bond donors (Lipinski definition) is 0. The molecule has 3 rings (SSSR count). The predicted molar refractivity (Wildman–Crippen MR) is 101 cm³/mol. The van der Waals surface area contributed by atoms with E-state index >= 15 is 0 Å². The van der Waals surface area contributed by atoms with Crippen molar-refractivity contribution in [1.82, 2.24) is 14.7 Å². The zero-order chi connectivity index (χ0) is 17.6. The summed E-state index contributed by atoms with van der Waals surface area (Å²) in [7, 11) is 1.94. The number of nitrogens with zero attached hydrogens (tertiary/aromatic N) is 3. The number of aromatic nitrogens is 2. The van der Waals surface area contributed by atoms with Crippen LogP contribution in [-0.2, 0) is 13.0 Å². The average Bonchev–Trinajstić information content (AvgIpc) is 3.05. The Hall–Kier alpha value is -2.10. The molecule has 0 N–H and O–H groups in total. The molecule has 0 aliphatic heterocycles. The van der Waals surface area contributed by atoms with Crippen LogP contribution < -0.4 is 0 Å². The van der Waals surface area contributed by atoms with Gasteiger partial charge in [-0.05, 0) is 30.7 Å². The van der Waals surface area contributed by atoms with E-state index < -0.39 is 0 Å². The van der Waals surface area contributed by atoms with Gasteiger partial charge in [0.15, 0.2) is 0 Å². The van der Waals surface area contributed by atoms with Crippen molar-refractivity contribution in [3.05, 3.63) is 53.3 Å². The summed E-state index contributed by atoms with van der Waals surface area (Å²) in [6, 6.07) is 10.3. The monoisotopic (exact) mass is 339 g/mol. The maximum atomic E-state index is 12.9. The fourth-order valence-electron chi connectivity index (χ4n) is 3.90. The van der Waals surface area contributed by atoms with Crippen molar-refractivity contribution in [2.24, 2.45) is 5.92 Å². The normalized spacial score (nSPS) is 15.3. The molecule has 1 aromatic heterocycles. The molecule has 1 aliphatic carbocycles. The lowest BCUT2D eigenvalue weighted by Crippen LogP contribution is -2.33. The Balaban J connectivity index is 1.71. The molecule has 2 aromatic rings. The molecule has 1 saturated carbocycles. The minimum Gasteiger partial charge on any atom is -0.341 e. The van der Waals surface area contributed by atoms with Crippen molar-refractivity contribution in [2.75, 3.05) is 13.6 Å².